The number of anilines is 1. The molecule has 110 valence electrons. The lowest BCUT2D eigenvalue weighted by Gasteiger charge is -2.26. The van der Waals surface area contributed by atoms with Crippen LogP contribution in [0.15, 0.2) is 39.7 Å². The Labute approximate surface area is 132 Å². The first-order chi connectivity index (χ1) is 10.2. The van der Waals surface area contributed by atoms with Crippen LogP contribution < -0.4 is 4.90 Å². The molecule has 4 nitrogen and oxygen atoms in total. The van der Waals surface area contributed by atoms with Gasteiger partial charge in [0.1, 0.15) is 5.76 Å². The molecule has 2 heterocycles. The minimum atomic E-state index is 0.440. The fraction of sp³-hybridized carbons (Fsp3) is 0.267. The van der Waals surface area contributed by atoms with Crippen molar-refractivity contribution in [3.8, 4) is 0 Å². The molecule has 0 aliphatic carbocycles. The molecule has 6 heteroatoms. The van der Waals surface area contributed by atoms with E-state index in [-0.39, 0.29) is 0 Å². The third-order valence-electron chi connectivity index (χ3n) is 3.20. The van der Waals surface area contributed by atoms with Gasteiger partial charge in [-0.3, -0.25) is 4.99 Å². The van der Waals surface area contributed by atoms with Crippen LogP contribution >= 0.6 is 23.2 Å². The molecule has 1 aromatic carbocycles. The number of aliphatic imine (C=N–C) groups is 1. The monoisotopic (exact) mass is 324 g/mol. The van der Waals surface area contributed by atoms with Crippen LogP contribution in [0, 0.1) is 0 Å². The quantitative estimate of drug-likeness (QED) is 0.795. The fourth-order valence-corrected chi connectivity index (χ4v) is 2.43. The molecule has 1 aliphatic rings. The van der Waals surface area contributed by atoms with Gasteiger partial charge in [0.15, 0.2) is 5.88 Å². The van der Waals surface area contributed by atoms with Crippen LogP contribution in [0.25, 0.3) is 0 Å². The summed E-state index contributed by atoms with van der Waals surface area (Å²) >= 11 is 12.0. The van der Waals surface area contributed by atoms with Crippen LogP contribution in [0.4, 0.5) is 11.6 Å². The number of furan rings is 1. The molecule has 21 heavy (non-hydrogen) atoms. The summed E-state index contributed by atoms with van der Waals surface area (Å²) in [6.07, 6.45) is 1.64. The summed E-state index contributed by atoms with van der Waals surface area (Å²) < 4.78 is 11.1. The second kappa shape index (κ2) is 6.52. The maximum Gasteiger partial charge on any atom is 0.196 e. The lowest BCUT2D eigenvalue weighted by Crippen LogP contribution is -2.35. The van der Waals surface area contributed by atoms with Crippen molar-refractivity contribution >= 4 is 41.0 Å². The van der Waals surface area contributed by atoms with Gasteiger partial charge in [-0.05, 0) is 18.2 Å². The van der Waals surface area contributed by atoms with Crippen molar-refractivity contribution in [2.45, 2.75) is 0 Å². The number of hydrogen-bond donors (Lipinski definition) is 0. The molecule has 0 atom stereocenters. The van der Waals surface area contributed by atoms with Crippen molar-refractivity contribution in [3.63, 3.8) is 0 Å². The average molecular weight is 325 g/mol. The lowest BCUT2D eigenvalue weighted by molar-refractivity contribution is 0.120. The van der Waals surface area contributed by atoms with Gasteiger partial charge >= 0.3 is 0 Å². The van der Waals surface area contributed by atoms with Crippen LogP contribution in [-0.4, -0.2) is 32.5 Å². The Hall–Kier alpha value is -1.49. The van der Waals surface area contributed by atoms with Crippen LogP contribution in [0.3, 0.4) is 0 Å². The van der Waals surface area contributed by atoms with Gasteiger partial charge in [-0.15, -0.1) is 0 Å². The summed E-state index contributed by atoms with van der Waals surface area (Å²) in [6, 6.07) is 9.16. The minimum absolute atomic E-state index is 0.440. The van der Waals surface area contributed by atoms with E-state index in [0.29, 0.717) is 21.5 Å². The Kier molecular flexibility index (Phi) is 4.48. The number of ether oxygens (including phenoxy) is 1. The number of rotatable bonds is 3. The Balaban J connectivity index is 1.74. The molecule has 0 N–H and O–H groups in total. The molecule has 0 amide bonds. The molecule has 3 rings (SSSR count). The highest BCUT2D eigenvalue weighted by atomic mass is 35.5. The zero-order valence-electron chi connectivity index (χ0n) is 11.3. The second-order valence-electron chi connectivity index (χ2n) is 4.61. The predicted molar refractivity (Wildman–Crippen MR) is 85.5 cm³/mol. The molecule has 0 bridgehead atoms. The summed E-state index contributed by atoms with van der Waals surface area (Å²) in [5.74, 6) is 1.50. The third kappa shape index (κ3) is 3.40. The van der Waals surface area contributed by atoms with Crippen molar-refractivity contribution in [2.75, 3.05) is 31.2 Å². The van der Waals surface area contributed by atoms with Gasteiger partial charge in [-0.1, -0.05) is 29.3 Å². The highest BCUT2D eigenvalue weighted by Crippen LogP contribution is 2.31. The summed E-state index contributed by atoms with van der Waals surface area (Å²) in [6.45, 7) is 3.12. The predicted octanol–water partition coefficient (Wildman–Crippen LogP) is 4.17. The van der Waals surface area contributed by atoms with Gasteiger partial charge in [0.05, 0.1) is 35.2 Å². The highest BCUT2D eigenvalue weighted by molar-refractivity contribution is 6.43. The van der Waals surface area contributed by atoms with Gasteiger partial charge in [0, 0.05) is 19.2 Å². The number of benzene rings is 1. The van der Waals surface area contributed by atoms with E-state index in [1.807, 2.05) is 18.2 Å². The van der Waals surface area contributed by atoms with E-state index in [0.717, 1.165) is 32.2 Å². The van der Waals surface area contributed by atoms with Crippen molar-refractivity contribution in [1.82, 2.24) is 0 Å². The summed E-state index contributed by atoms with van der Waals surface area (Å²) in [5.41, 5.74) is 0.619. The number of nitrogens with zero attached hydrogens (tertiary/aromatic N) is 2. The number of halogens is 2. The second-order valence-corrected chi connectivity index (χ2v) is 5.39. The van der Waals surface area contributed by atoms with Crippen LogP contribution in [-0.2, 0) is 4.74 Å². The van der Waals surface area contributed by atoms with E-state index in [9.17, 15) is 0 Å². The maximum absolute atomic E-state index is 6.09. The molecule has 1 fully saturated rings. The van der Waals surface area contributed by atoms with E-state index >= 15 is 0 Å². The Bertz CT molecular complexity index is 649. The number of hydrogen-bond acceptors (Lipinski definition) is 4. The van der Waals surface area contributed by atoms with Gasteiger partial charge < -0.3 is 14.1 Å². The molecule has 1 aliphatic heterocycles. The van der Waals surface area contributed by atoms with Gasteiger partial charge in [0.2, 0.25) is 0 Å². The van der Waals surface area contributed by atoms with Crippen molar-refractivity contribution < 1.29 is 9.15 Å². The zero-order valence-corrected chi connectivity index (χ0v) is 12.8. The standard InChI is InChI=1S/C15H14Cl2N2O2/c16-12-2-1-3-13(15(12)17)18-10-11-4-5-14(21-11)19-6-8-20-9-7-19/h1-5,10H,6-9H2. The summed E-state index contributed by atoms with van der Waals surface area (Å²) in [7, 11) is 0. The van der Waals surface area contributed by atoms with E-state index in [1.54, 1.807) is 18.3 Å². The van der Waals surface area contributed by atoms with Crippen LogP contribution in [0.5, 0.6) is 0 Å². The third-order valence-corrected chi connectivity index (χ3v) is 4.01. The molecule has 2 aromatic rings. The van der Waals surface area contributed by atoms with E-state index in [2.05, 4.69) is 9.89 Å². The number of morpholine rings is 1. The molecular weight excluding hydrogens is 311 g/mol. The van der Waals surface area contributed by atoms with Crippen molar-refractivity contribution in [2.24, 2.45) is 4.99 Å². The largest absolute Gasteiger partial charge is 0.440 e. The highest BCUT2D eigenvalue weighted by Gasteiger charge is 2.14. The SMILES string of the molecule is Clc1cccc(N=Cc2ccc(N3CCOCC3)o2)c1Cl. The van der Waals surface area contributed by atoms with Gasteiger partial charge in [-0.25, -0.2) is 0 Å². The molecule has 0 spiro atoms. The molecule has 0 unspecified atom stereocenters. The molecule has 0 saturated carbocycles. The molecule has 0 radical (unpaired) electrons. The first-order valence-electron chi connectivity index (χ1n) is 6.64. The fourth-order valence-electron chi connectivity index (χ4n) is 2.09. The van der Waals surface area contributed by atoms with Crippen molar-refractivity contribution in [1.29, 1.82) is 0 Å². The molecule has 1 aromatic heterocycles. The molecular formula is C15H14Cl2N2O2. The first kappa shape index (κ1) is 14.4. The van der Waals surface area contributed by atoms with E-state index in [4.69, 9.17) is 32.4 Å². The Morgan fingerprint density at radius 2 is 1.90 bits per heavy atom. The van der Waals surface area contributed by atoms with Crippen LogP contribution in [0.2, 0.25) is 10.0 Å². The topological polar surface area (TPSA) is 38.0 Å². The molecule has 1 saturated heterocycles. The van der Waals surface area contributed by atoms with Crippen molar-refractivity contribution in [3.05, 3.63) is 46.1 Å². The van der Waals surface area contributed by atoms with E-state index in [1.165, 1.54) is 0 Å². The Morgan fingerprint density at radius 3 is 2.71 bits per heavy atom. The Morgan fingerprint density at radius 1 is 1.10 bits per heavy atom. The summed E-state index contributed by atoms with van der Waals surface area (Å²) in [5, 5.41) is 0.926. The normalized spacial score (nSPS) is 15.8. The first-order valence-corrected chi connectivity index (χ1v) is 7.40. The average Bonchev–Trinajstić information content (AvgIpc) is 2.99. The summed E-state index contributed by atoms with van der Waals surface area (Å²) in [4.78, 5) is 6.46. The zero-order chi connectivity index (χ0) is 14.7. The van der Waals surface area contributed by atoms with Gasteiger partial charge in [-0.2, -0.15) is 0 Å². The lowest BCUT2D eigenvalue weighted by atomic mass is 10.3. The van der Waals surface area contributed by atoms with E-state index < -0.39 is 0 Å². The minimum Gasteiger partial charge on any atom is -0.440 e. The smallest absolute Gasteiger partial charge is 0.196 e. The maximum atomic E-state index is 6.09. The van der Waals surface area contributed by atoms with Gasteiger partial charge in [0.25, 0.3) is 0 Å². The van der Waals surface area contributed by atoms with Crippen LogP contribution in [0.1, 0.15) is 5.76 Å².